The second-order valence-corrected chi connectivity index (χ2v) is 4.05. The molecule has 0 radical (unpaired) electrons. The fourth-order valence-electron chi connectivity index (χ4n) is 1.98. The molecule has 0 aromatic carbocycles. The number of aryl methyl sites for hydroxylation is 2. The second-order valence-electron chi connectivity index (χ2n) is 4.05. The van der Waals surface area contributed by atoms with Gasteiger partial charge in [-0.15, -0.1) is 0 Å². The molecule has 2 aromatic heterocycles. The van der Waals surface area contributed by atoms with E-state index >= 15 is 0 Å². The monoisotopic (exact) mass is 230 g/mol. The van der Waals surface area contributed by atoms with Crippen LogP contribution in [-0.2, 0) is 6.54 Å². The maximum absolute atomic E-state index is 4.43. The smallest absolute Gasteiger partial charge is 0.132 e. The molecule has 1 N–H and O–H groups in total. The van der Waals surface area contributed by atoms with Gasteiger partial charge in [0, 0.05) is 25.1 Å². The van der Waals surface area contributed by atoms with Crippen molar-refractivity contribution in [2.75, 3.05) is 7.05 Å². The Hall–Kier alpha value is -1.68. The first-order valence-electron chi connectivity index (χ1n) is 5.87. The molecule has 0 spiro atoms. The molecular weight excluding hydrogens is 212 g/mol. The lowest BCUT2D eigenvalue weighted by Crippen LogP contribution is -2.22. The Labute approximate surface area is 102 Å². The molecule has 0 fully saturated rings. The molecule has 17 heavy (non-hydrogen) atoms. The van der Waals surface area contributed by atoms with E-state index in [0.717, 1.165) is 18.1 Å². The quantitative estimate of drug-likeness (QED) is 0.872. The highest BCUT2D eigenvalue weighted by Crippen LogP contribution is 2.19. The summed E-state index contributed by atoms with van der Waals surface area (Å²) in [6.07, 6.45) is 5.67. The third kappa shape index (κ3) is 2.36. The van der Waals surface area contributed by atoms with Crippen molar-refractivity contribution < 1.29 is 0 Å². The van der Waals surface area contributed by atoms with Gasteiger partial charge >= 0.3 is 0 Å². The molecule has 1 atom stereocenters. The van der Waals surface area contributed by atoms with Gasteiger partial charge in [-0.25, -0.2) is 4.98 Å². The fraction of sp³-hybridized carbons (Fsp3) is 0.385. The van der Waals surface area contributed by atoms with Crippen LogP contribution in [0.25, 0.3) is 0 Å². The molecule has 0 aliphatic rings. The first-order chi connectivity index (χ1) is 8.26. The Kier molecular flexibility index (Phi) is 3.54. The minimum Gasteiger partial charge on any atom is -0.334 e. The lowest BCUT2D eigenvalue weighted by Gasteiger charge is -2.16. The van der Waals surface area contributed by atoms with Crippen molar-refractivity contribution in [3.8, 4) is 0 Å². The van der Waals surface area contributed by atoms with E-state index in [1.54, 1.807) is 0 Å². The van der Waals surface area contributed by atoms with Gasteiger partial charge in [-0.1, -0.05) is 0 Å². The van der Waals surface area contributed by atoms with Crippen LogP contribution in [0.5, 0.6) is 0 Å². The molecule has 1 unspecified atom stereocenters. The molecule has 4 heteroatoms. The Morgan fingerprint density at radius 3 is 2.82 bits per heavy atom. The van der Waals surface area contributed by atoms with E-state index in [1.807, 2.05) is 31.7 Å². The number of rotatable bonds is 4. The zero-order valence-electron chi connectivity index (χ0n) is 10.5. The summed E-state index contributed by atoms with van der Waals surface area (Å²) in [4.78, 5) is 8.85. The highest BCUT2D eigenvalue weighted by molar-refractivity contribution is 5.22. The van der Waals surface area contributed by atoms with Crippen LogP contribution in [0, 0.1) is 6.92 Å². The fourth-order valence-corrected chi connectivity index (χ4v) is 1.98. The van der Waals surface area contributed by atoms with Crippen LogP contribution in [0.3, 0.4) is 0 Å². The number of imidazole rings is 1. The van der Waals surface area contributed by atoms with Crippen molar-refractivity contribution in [3.63, 3.8) is 0 Å². The maximum atomic E-state index is 4.43. The molecule has 0 saturated heterocycles. The Balaban J connectivity index is 2.40. The van der Waals surface area contributed by atoms with Gasteiger partial charge in [-0.3, -0.25) is 4.98 Å². The van der Waals surface area contributed by atoms with Gasteiger partial charge in [0.1, 0.15) is 11.9 Å². The van der Waals surface area contributed by atoms with Crippen molar-refractivity contribution in [1.29, 1.82) is 0 Å². The van der Waals surface area contributed by atoms with Gasteiger partial charge in [0.05, 0.1) is 5.69 Å². The van der Waals surface area contributed by atoms with E-state index in [1.165, 1.54) is 5.56 Å². The Bertz CT molecular complexity index is 490. The topological polar surface area (TPSA) is 42.7 Å². The van der Waals surface area contributed by atoms with Crippen LogP contribution in [0.15, 0.2) is 30.7 Å². The highest BCUT2D eigenvalue weighted by atomic mass is 15.1. The van der Waals surface area contributed by atoms with Crippen LogP contribution >= 0.6 is 0 Å². The first kappa shape index (κ1) is 11.8. The van der Waals surface area contributed by atoms with Gasteiger partial charge in [-0.05, 0) is 38.6 Å². The predicted molar refractivity (Wildman–Crippen MR) is 67.8 cm³/mol. The van der Waals surface area contributed by atoms with Gasteiger partial charge in [0.2, 0.25) is 0 Å². The number of pyridine rings is 1. The summed E-state index contributed by atoms with van der Waals surface area (Å²) in [5.41, 5.74) is 2.22. The average molecular weight is 230 g/mol. The van der Waals surface area contributed by atoms with Crippen LogP contribution in [-0.4, -0.2) is 21.6 Å². The largest absolute Gasteiger partial charge is 0.334 e. The van der Waals surface area contributed by atoms with E-state index in [9.17, 15) is 0 Å². The lowest BCUT2D eigenvalue weighted by molar-refractivity contribution is 0.579. The number of hydrogen-bond donors (Lipinski definition) is 1. The molecule has 2 heterocycles. The van der Waals surface area contributed by atoms with Gasteiger partial charge in [0.15, 0.2) is 0 Å². The summed E-state index contributed by atoms with van der Waals surface area (Å²) >= 11 is 0. The molecule has 4 nitrogen and oxygen atoms in total. The molecular formula is C13H18N4. The molecule has 2 aromatic rings. The van der Waals surface area contributed by atoms with Crippen molar-refractivity contribution >= 4 is 0 Å². The third-order valence-electron chi connectivity index (χ3n) is 2.87. The molecule has 90 valence electrons. The molecule has 0 saturated carbocycles. The predicted octanol–water partition coefficient (Wildman–Crippen LogP) is 1.92. The maximum Gasteiger partial charge on any atom is 0.132 e. The minimum atomic E-state index is 0.0462. The van der Waals surface area contributed by atoms with Crippen molar-refractivity contribution in [3.05, 3.63) is 47.8 Å². The summed E-state index contributed by atoms with van der Waals surface area (Å²) in [5, 5.41) is 3.28. The highest BCUT2D eigenvalue weighted by Gasteiger charge is 2.17. The third-order valence-corrected chi connectivity index (χ3v) is 2.87. The number of aromatic nitrogens is 3. The summed E-state index contributed by atoms with van der Waals surface area (Å²) in [5.74, 6) is 1.01. The summed E-state index contributed by atoms with van der Waals surface area (Å²) in [6, 6.07) is 4.14. The van der Waals surface area contributed by atoms with E-state index in [2.05, 4.69) is 39.8 Å². The molecule has 0 aliphatic heterocycles. The summed E-state index contributed by atoms with van der Waals surface area (Å²) in [6.45, 7) is 5.10. The average Bonchev–Trinajstić information content (AvgIpc) is 2.78. The number of hydrogen-bond acceptors (Lipinski definition) is 3. The molecule has 2 rings (SSSR count). The van der Waals surface area contributed by atoms with Gasteiger partial charge < -0.3 is 9.88 Å². The SMILES string of the molecule is CCn1ccnc1C(NC)c1cc(C)ccn1. The second kappa shape index (κ2) is 5.10. The number of nitrogens with one attached hydrogen (secondary N) is 1. The summed E-state index contributed by atoms with van der Waals surface area (Å²) < 4.78 is 2.13. The summed E-state index contributed by atoms with van der Waals surface area (Å²) in [7, 11) is 1.93. The number of nitrogens with zero attached hydrogens (tertiary/aromatic N) is 3. The zero-order valence-corrected chi connectivity index (χ0v) is 10.5. The van der Waals surface area contributed by atoms with E-state index in [0.29, 0.717) is 0 Å². The lowest BCUT2D eigenvalue weighted by atomic mass is 10.1. The van der Waals surface area contributed by atoms with Crippen LogP contribution in [0.4, 0.5) is 0 Å². The van der Waals surface area contributed by atoms with Gasteiger partial charge in [-0.2, -0.15) is 0 Å². The molecule has 0 aliphatic carbocycles. The van der Waals surface area contributed by atoms with E-state index in [-0.39, 0.29) is 6.04 Å². The Morgan fingerprint density at radius 2 is 2.18 bits per heavy atom. The van der Waals surface area contributed by atoms with Crippen LogP contribution in [0.2, 0.25) is 0 Å². The van der Waals surface area contributed by atoms with E-state index in [4.69, 9.17) is 0 Å². The van der Waals surface area contributed by atoms with E-state index < -0.39 is 0 Å². The standard InChI is InChI=1S/C13H18N4/c1-4-17-8-7-16-13(17)12(14-3)11-9-10(2)5-6-15-11/h5-9,12,14H,4H2,1-3H3. The first-order valence-corrected chi connectivity index (χ1v) is 5.87. The zero-order chi connectivity index (χ0) is 12.3. The van der Waals surface area contributed by atoms with Crippen molar-refractivity contribution in [2.45, 2.75) is 26.4 Å². The van der Waals surface area contributed by atoms with Gasteiger partial charge in [0.25, 0.3) is 0 Å². The molecule has 0 amide bonds. The molecule has 0 bridgehead atoms. The Morgan fingerprint density at radius 1 is 1.35 bits per heavy atom. The van der Waals surface area contributed by atoms with Crippen molar-refractivity contribution in [2.24, 2.45) is 0 Å². The van der Waals surface area contributed by atoms with Crippen LogP contribution in [0.1, 0.15) is 30.0 Å². The van der Waals surface area contributed by atoms with Crippen LogP contribution < -0.4 is 5.32 Å². The normalized spacial score (nSPS) is 12.6. The van der Waals surface area contributed by atoms with Crippen molar-refractivity contribution in [1.82, 2.24) is 19.9 Å². The minimum absolute atomic E-state index is 0.0462.